The van der Waals surface area contributed by atoms with E-state index in [2.05, 4.69) is 0 Å². The molecule has 1 saturated heterocycles. The van der Waals surface area contributed by atoms with Crippen LogP contribution in [0.1, 0.15) is 24.4 Å². The van der Waals surface area contributed by atoms with Gasteiger partial charge in [0.25, 0.3) is 0 Å². The molecule has 1 fully saturated rings. The number of halogens is 2. The van der Waals surface area contributed by atoms with Crippen LogP contribution < -0.4 is 5.73 Å². The highest BCUT2D eigenvalue weighted by atomic mass is 19.1. The summed E-state index contributed by atoms with van der Waals surface area (Å²) in [7, 11) is 1.53. The Morgan fingerprint density at radius 2 is 2.20 bits per heavy atom. The van der Waals surface area contributed by atoms with Crippen LogP contribution in [0.2, 0.25) is 0 Å². The molecule has 1 aromatic carbocycles. The zero-order chi connectivity index (χ0) is 14.7. The van der Waals surface area contributed by atoms with Crippen LogP contribution in [0.5, 0.6) is 0 Å². The zero-order valence-electron chi connectivity index (χ0n) is 11.3. The Balaban J connectivity index is 2.34. The Morgan fingerprint density at radius 1 is 1.45 bits per heavy atom. The van der Waals surface area contributed by atoms with Gasteiger partial charge >= 0.3 is 0 Å². The smallest absolute Gasteiger partial charge is 0.223 e. The lowest BCUT2D eigenvalue weighted by Gasteiger charge is -2.40. The molecule has 0 aromatic heterocycles. The van der Waals surface area contributed by atoms with Crippen molar-refractivity contribution in [3.8, 4) is 0 Å². The van der Waals surface area contributed by atoms with E-state index in [1.165, 1.54) is 24.1 Å². The van der Waals surface area contributed by atoms with Crippen LogP contribution in [0, 0.1) is 11.6 Å². The van der Waals surface area contributed by atoms with Gasteiger partial charge in [0.2, 0.25) is 5.91 Å². The van der Waals surface area contributed by atoms with Gasteiger partial charge in [-0.05, 0) is 12.5 Å². The van der Waals surface area contributed by atoms with Crippen molar-refractivity contribution in [2.75, 3.05) is 20.3 Å². The maximum Gasteiger partial charge on any atom is 0.223 e. The number of nitrogens with zero attached hydrogens (tertiary/aromatic N) is 1. The molecule has 1 aliphatic rings. The van der Waals surface area contributed by atoms with Crippen molar-refractivity contribution in [3.05, 3.63) is 35.4 Å². The molecule has 2 unspecified atom stereocenters. The van der Waals surface area contributed by atoms with E-state index in [0.29, 0.717) is 26.0 Å². The summed E-state index contributed by atoms with van der Waals surface area (Å²) in [6.45, 7) is 0.683. The maximum atomic E-state index is 14.0. The summed E-state index contributed by atoms with van der Waals surface area (Å²) in [5.41, 5.74) is 6.30. The molecule has 110 valence electrons. The summed E-state index contributed by atoms with van der Waals surface area (Å²) < 4.78 is 32.0. The molecule has 1 aromatic rings. The minimum absolute atomic E-state index is 0.0857. The van der Waals surface area contributed by atoms with Gasteiger partial charge < -0.3 is 15.4 Å². The van der Waals surface area contributed by atoms with Gasteiger partial charge in [0.05, 0.1) is 12.6 Å². The number of hydrogen-bond acceptors (Lipinski definition) is 3. The number of nitrogens with two attached hydrogens (primary N) is 1. The summed E-state index contributed by atoms with van der Waals surface area (Å²) in [6, 6.07) is 2.40. The minimum Gasteiger partial charge on any atom is -0.383 e. The quantitative estimate of drug-likeness (QED) is 0.913. The van der Waals surface area contributed by atoms with E-state index in [0.717, 1.165) is 6.07 Å². The Bertz CT molecular complexity index is 496. The number of methoxy groups -OCH3 is 1. The Hall–Kier alpha value is -1.53. The van der Waals surface area contributed by atoms with Crippen LogP contribution in [0.25, 0.3) is 0 Å². The minimum atomic E-state index is -0.678. The predicted octanol–water partition coefficient (Wildman–Crippen LogP) is 1.60. The molecule has 2 N–H and O–H groups in total. The average molecular weight is 284 g/mol. The van der Waals surface area contributed by atoms with E-state index in [9.17, 15) is 13.6 Å². The van der Waals surface area contributed by atoms with Crippen LogP contribution in [0.15, 0.2) is 18.2 Å². The first-order valence-corrected chi connectivity index (χ1v) is 6.53. The number of hydrogen-bond donors (Lipinski definition) is 1. The maximum absolute atomic E-state index is 14.0. The number of carbonyl (C=O) groups is 1. The second kappa shape index (κ2) is 6.28. The van der Waals surface area contributed by atoms with E-state index in [1.807, 2.05) is 0 Å². The first kappa shape index (κ1) is 14.9. The van der Waals surface area contributed by atoms with Gasteiger partial charge in [0, 0.05) is 37.7 Å². The topological polar surface area (TPSA) is 55.6 Å². The van der Waals surface area contributed by atoms with Crippen LogP contribution >= 0.6 is 0 Å². The molecule has 4 nitrogen and oxygen atoms in total. The van der Waals surface area contributed by atoms with Gasteiger partial charge in [0.15, 0.2) is 0 Å². The van der Waals surface area contributed by atoms with E-state index in [-0.39, 0.29) is 17.5 Å². The molecule has 2 atom stereocenters. The van der Waals surface area contributed by atoms with Crippen LogP contribution in [-0.2, 0) is 9.53 Å². The summed E-state index contributed by atoms with van der Waals surface area (Å²) >= 11 is 0. The van der Waals surface area contributed by atoms with Crippen molar-refractivity contribution in [1.29, 1.82) is 0 Å². The molecular weight excluding hydrogens is 266 g/mol. The fourth-order valence-electron chi connectivity index (χ4n) is 2.57. The molecule has 2 rings (SSSR count). The van der Waals surface area contributed by atoms with Gasteiger partial charge in [-0.25, -0.2) is 8.78 Å². The second-order valence-corrected chi connectivity index (χ2v) is 4.89. The van der Waals surface area contributed by atoms with Crippen molar-refractivity contribution in [1.82, 2.24) is 4.90 Å². The first-order chi connectivity index (χ1) is 9.54. The normalized spacial score (nSPS) is 23.2. The summed E-state index contributed by atoms with van der Waals surface area (Å²) in [5, 5.41) is 0. The van der Waals surface area contributed by atoms with Crippen molar-refractivity contribution < 1.29 is 18.3 Å². The lowest BCUT2D eigenvalue weighted by Crippen LogP contribution is -2.50. The third-order valence-electron chi connectivity index (χ3n) is 3.57. The second-order valence-electron chi connectivity index (χ2n) is 4.89. The molecule has 0 bridgehead atoms. The molecule has 1 aliphatic heterocycles. The van der Waals surface area contributed by atoms with Crippen LogP contribution in [0.3, 0.4) is 0 Å². The van der Waals surface area contributed by atoms with E-state index < -0.39 is 17.7 Å². The number of amides is 1. The molecule has 0 radical (unpaired) electrons. The molecule has 0 spiro atoms. The van der Waals surface area contributed by atoms with Crippen molar-refractivity contribution in [2.24, 2.45) is 5.73 Å². The highest BCUT2D eigenvalue weighted by molar-refractivity contribution is 5.78. The van der Waals surface area contributed by atoms with Gasteiger partial charge in [-0.15, -0.1) is 0 Å². The fourth-order valence-corrected chi connectivity index (χ4v) is 2.57. The van der Waals surface area contributed by atoms with Gasteiger partial charge in [-0.2, -0.15) is 0 Å². The highest BCUT2D eigenvalue weighted by Crippen LogP contribution is 2.32. The van der Waals surface area contributed by atoms with Crippen molar-refractivity contribution in [2.45, 2.75) is 24.9 Å². The monoisotopic (exact) mass is 284 g/mol. The van der Waals surface area contributed by atoms with E-state index >= 15 is 0 Å². The summed E-state index contributed by atoms with van der Waals surface area (Å²) in [5.74, 6) is -1.41. The van der Waals surface area contributed by atoms with Crippen molar-refractivity contribution >= 4 is 5.91 Å². The lowest BCUT2D eigenvalue weighted by atomic mass is 9.90. The van der Waals surface area contributed by atoms with Crippen molar-refractivity contribution in [3.63, 3.8) is 0 Å². The van der Waals surface area contributed by atoms with Crippen LogP contribution in [0.4, 0.5) is 8.78 Å². The molecule has 0 saturated carbocycles. The van der Waals surface area contributed by atoms with Gasteiger partial charge in [0.1, 0.15) is 11.6 Å². The highest BCUT2D eigenvalue weighted by Gasteiger charge is 2.36. The Labute approximate surface area is 116 Å². The molecule has 1 heterocycles. The molecule has 6 heteroatoms. The van der Waals surface area contributed by atoms with Crippen LogP contribution in [-0.4, -0.2) is 37.1 Å². The van der Waals surface area contributed by atoms with E-state index in [1.54, 1.807) is 0 Å². The molecule has 20 heavy (non-hydrogen) atoms. The van der Waals surface area contributed by atoms with Gasteiger partial charge in [-0.1, -0.05) is 6.07 Å². The number of ether oxygens (including phenoxy) is 1. The average Bonchev–Trinajstić information content (AvgIpc) is 2.41. The lowest BCUT2D eigenvalue weighted by molar-refractivity contribution is -0.138. The summed E-state index contributed by atoms with van der Waals surface area (Å²) in [6.07, 6.45) is 0.827. The summed E-state index contributed by atoms with van der Waals surface area (Å²) in [4.78, 5) is 13.5. The molecular formula is C14H18F2N2O2. The molecule has 1 amide bonds. The predicted molar refractivity (Wildman–Crippen MR) is 69.9 cm³/mol. The molecule has 0 aliphatic carbocycles. The number of carbonyl (C=O) groups excluding carboxylic acids is 1. The SMILES string of the molecule is COCCN1C(=O)CCC(N)C1c1ccc(F)cc1F. The number of benzene rings is 1. The fraction of sp³-hybridized carbons (Fsp3) is 0.500. The first-order valence-electron chi connectivity index (χ1n) is 6.53. The third kappa shape index (κ3) is 2.96. The Kier molecular flexibility index (Phi) is 4.67. The van der Waals surface area contributed by atoms with E-state index in [4.69, 9.17) is 10.5 Å². The number of likely N-dealkylation sites (tertiary alicyclic amines) is 1. The number of piperidine rings is 1. The standard InChI is InChI=1S/C14H18F2N2O2/c1-20-7-6-18-13(19)5-4-12(17)14(18)10-3-2-9(15)8-11(10)16/h2-3,8,12,14H,4-7,17H2,1H3. The largest absolute Gasteiger partial charge is 0.383 e. The zero-order valence-corrected chi connectivity index (χ0v) is 11.3. The van der Waals surface area contributed by atoms with Gasteiger partial charge in [-0.3, -0.25) is 4.79 Å². The Morgan fingerprint density at radius 3 is 2.85 bits per heavy atom. The number of rotatable bonds is 4. The third-order valence-corrected chi connectivity index (χ3v) is 3.57.